The molecule has 3 heterocycles. The molecule has 3 aromatic heterocycles. The highest BCUT2D eigenvalue weighted by Gasteiger charge is 2.13. The van der Waals surface area contributed by atoms with Crippen LogP contribution in [0.1, 0.15) is 0 Å². The van der Waals surface area contributed by atoms with Gasteiger partial charge in [0, 0.05) is 23.0 Å². The first-order chi connectivity index (χ1) is 13.0. The molecule has 0 fully saturated rings. The van der Waals surface area contributed by atoms with Crippen molar-refractivity contribution in [2.75, 3.05) is 5.32 Å². The van der Waals surface area contributed by atoms with E-state index in [0.717, 1.165) is 5.56 Å². The highest BCUT2D eigenvalue weighted by molar-refractivity contribution is 7.14. The van der Waals surface area contributed by atoms with Gasteiger partial charge in [-0.1, -0.05) is 29.8 Å². The average molecular weight is 401 g/mol. The molecular weight excluding hydrogens is 388 g/mol. The molecule has 0 aliphatic rings. The summed E-state index contributed by atoms with van der Waals surface area (Å²) in [6.45, 7) is -0.169. The van der Waals surface area contributed by atoms with Gasteiger partial charge in [-0.05, 0) is 6.07 Å². The largest absolute Gasteiger partial charge is 0.300 e. The number of aryl methyl sites for hydroxylation is 1. The maximum absolute atomic E-state index is 12.4. The Hall–Kier alpha value is -3.04. The molecule has 1 N–H and O–H groups in total. The number of nitrogens with one attached hydrogen (secondary N) is 1. The maximum Gasteiger partial charge on any atom is 0.264 e. The van der Waals surface area contributed by atoms with Crippen LogP contribution < -0.4 is 10.9 Å². The van der Waals surface area contributed by atoms with E-state index < -0.39 is 0 Å². The van der Waals surface area contributed by atoms with Gasteiger partial charge in [-0.3, -0.25) is 18.8 Å². The third kappa shape index (κ3) is 3.34. The third-order valence-corrected chi connectivity index (χ3v) is 5.02. The quantitative estimate of drug-likeness (QED) is 0.568. The molecule has 0 atom stereocenters. The minimum atomic E-state index is -0.373. The molecular formula is C17H13ClN6O2S. The van der Waals surface area contributed by atoms with Crippen LogP contribution in [0.25, 0.3) is 22.3 Å². The zero-order valence-corrected chi connectivity index (χ0v) is 15.7. The molecule has 0 unspecified atom stereocenters. The molecule has 0 radical (unpaired) electrons. The smallest absolute Gasteiger partial charge is 0.264 e. The summed E-state index contributed by atoms with van der Waals surface area (Å²) in [6.07, 6.45) is 2.78. The summed E-state index contributed by atoms with van der Waals surface area (Å²) in [7, 11) is 1.70. The second-order valence-corrected chi connectivity index (χ2v) is 7.01. The molecule has 1 amide bonds. The van der Waals surface area contributed by atoms with Crippen molar-refractivity contribution in [2.24, 2.45) is 7.05 Å². The number of carbonyl (C=O) groups is 1. The molecule has 4 rings (SSSR count). The van der Waals surface area contributed by atoms with E-state index in [9.17, 15) is 9.59 Å². The molecule has 0 aliphatic carbocycles. The number of carbonyl (C=O) groups excluding carboxylic acids is 1. The number of fused-ring (bicyclic) bond motifs is 1. The Morgan fingerprint density at radius 2 is 2.15 bits per heavy atom. The van der Waals surface area contributed by atoms with Crippen LogP contribution in [0.4, 0.5) is 5.13 Å². The number of anilines is 1. The van der Waals surface area contributed by atoms with Gasteiger partial charge in [-0.15, -0.1) is 11.3 Å². The Morgan fingerprint density at radius 1 is 1.33 bits per heavy atom. The first-order valence-electron chi connectivity index (χ1n) is 7.90. The van der Waals surface area contributed by atoms with Crippen molar-refractivity contribution in [3.8, 4) is 11.3 Å². The van der Waals surface area contributed by atoms with Gasteiger partial charge in [-0.2, -0.15) is 5.10 Å². The molecule has 4 aromatic rings. The first kappa shape index (κ1) is 17.4. The van der Waals surface area contributed by atoms with E-state index >= 15 is 0 Å². The lowest BCUT2D eigenvalue weighted by molar-refractivity contribution is -0.116. The van der Waals surface area contributed by atoms with Crippen molar-refractivity contribution in [3.63, 3.8) is 0 Å². The van der Waals surface area contributed by atoms with Gasteiger partial charge >= 0.3 is 0 Å². The van der Waals surface area contributed by atoms with E-state index in [0.29, 0.717) is 26.9 Å². The summed E-state index contributed by atoms with van der Waals surface area (Å²) in [5.41, 5.74) is 1.62. The molecule has 8 nitrogen and oxygen atoms in total. The number of aromatic nitrogens is 5. The average Bonchev–Trinajstić information content (AvgIpc) is 3.25. The van der Waals surface area contributed by atoms with Crippen LogP contribution in [0, 0.1) is 0 Å². The number of amides is 1. The normalized spacial score (nSPS) is 11.0. The Bertz CT molecular complexity index is 1210. The molecule has 0 saturated heterocycles. The van der Waals surface area contributed by atoms with E-state index in [1.54, 1.807) is 13.1 Å². The minimum absolute atomic E-state index is 0.169. The lowest BCUT2D eigenvalue weighted by Crippen LogP contribution is -2.27. The molecule has 0 aliphatic heterocycles. The predicted molar refractivity (Wildman–Crippen MR) is 104 cm³/mol. The minimum Gasteiger partial charge on any atom is -0.300 e. The van der Waals surface area contributed by atoms with Crippen LogP contribution in [0.2, 0.25) is 5.02 Å². The van der Waals surface area contributed by atoms with Crippen LogP contribution in [-0.4, -0.2) is 30.2 Å². The number of nitrogens with zero attached hydrogens (tertiary/aromatic N) is 5. The van der Waals surface area contributed by atoms with Gasteiger partial charge in [0.15, 0.2) is 10.8 Å². The third-order valence-electron chi connectivity index (χ3n) is 3.93. The topological polar surface area (TPSA) is 94.7 Å². The van der Waals surface area contributed by atoms with Crippen molar-refractivity contribution < 1.29 is 4.79 Å². The molecule has 10 heteroatoms. The van der Waals surface area contributed by atoms with Crippen molar-refractivity contribution in [1.82, 2.24) is 24.3 Å². The van der Waals surface area contributed by atoms with Crippen molar-refractivity contribution >= 4 is 45.0 Å². The second kappa shape index (κ2) is 6.93. The highest BCUT2D eigenvalue weighted by Crippen LogP contribution is 2.30. The molecule has 27 heavy (non-hydrogen) atoms. The summed E-state index contributed by atoms with van der Waals surface area (Å²) in [5, 5.41) is 9.89. The Morgan fingerprint density at radius 3 is 2.96 bits per heavy atom. The van der Waals surface area contributed by atoms with Gasteiger partial charge in [0.25, 0.3) is 5.56 Å². The fourth-order valence-electron chi connectivity index (χ4n) is 2.62. The number of rotatable bonds is 4. The summed E-state index contributed by atoms with van der Waals surface area (Å²) < 4.78 is 2.74. The van der Waals surface area contributed by atoms with E-state index in [1.807, 2.05) is 23.6 Å². The zero-order chi connectivity index (χ0) is 19.0. The van der Waals surface area contributed by atoms with E-state index in [-0.39, 0.29) is 18.0 Å². The second-order valence-electron chi connectivity index (χ2n) is 5.75. The fourth-order valence-corrected chi connectivity index (χ4v) is 3.58. The van der Waals surface area contributed by atoms with Crippen molar-refractivity contribution in [2.45, 2.75) is 6.54 Å². The lowest BCUT2D eigenvalue weighted by Gasteiger charge is -2.05. The molecule has 0 saturated carbocycles. The number of hydrogen-bond donors (Lipinski definition) is 1. The van der Waals surface area contributed by atoms with E-state index in [2.05, 4.69) is 20.4 Å². The monoisotopic (exact) mass is 400 g/mol. The van der Waals surface area contributed by atoms with Gasteiger partial charge in [0.05, 0.1) is 11.9 Å². The van der Waals surface area contributed by atoms with Crippen LogP contribution in [0.15, 0.2) is 47.0 Å². The number of thiazole rings is 1. The van der Waals surface area contributed by atoms with Gasteiger partial charge in [0.2, 0.25) is 5.91 Å². The van der Waals surface area contributed by atoms with Crippen LogP contribution >= 0.6 is 22.9 Å². The van der Waals surface area contributed by atoms with Crippen molar-refractivity contribution in [1.29, 1.82) is 0 Å². The Kier molecular flexibility index (Phi) is 4.46. The Balaban J connectivity index is 1.51. The molecule has 0 bridgehead atoms. The lowest BCUT2D eigenvalue weighted by atomic mass is 10.2. The maximum atomic E-state index is 12.4. The Labute approximate surface area is 162 Å². The SMILES string of the molecule is Cn1ncc2c(=O)n(CC(=O)Nc3nc(-c4ccccc4Cl)cs3)cnc21. The molecule has 136 valence electrons. The fraction of sp³-hybridized carbons (Fsp3) is 0.118. The standard InChI is InChI=1S/C17H13ClN6O2S/c1-23-15-11(6-20-23)16(26)24(9-19-15)7-14(25)22-17-21-13(8-27-17)10-4-2-3-5-12(10)18/h2-6,8-9H,7H2,1H3,(H,21,22,25). The van der Waals surface area contributed by atoms with Crippen molar-refractivity contribution in [3.05, 3.63) is 57.5 Å². The zero-order valence-electron chi connectivity index (χ0n) is 14.1. The molecule has 0 spiro atoms. The summed E-state index contributed by atoms with van der Waals surface area (Å²) in [6, 6.07) is 7.35. The summed E-state index contributed by atoms with van der Waals surface area (Å²) >= 11 is 7.46. The number of benzene rings is 1. The van der Waals surface area contributed by atoms with Gasteiger partial charge in [0.1, 0.15) is 18.3 Å². The van der Waals surface area contributed by atoms with Gasteiger partial charge < -0.3 is 5.32 Å². The van der Waals surface area contributed by atoms with Crippen LogP contribution in [0.5, 0.6) is 0 Å². The first-order valence-corrected chi connectivity index (χ1v) is 9.16. The number of hydrogen-bond acceptors (Lipinski definition) is 6. The number of halogens is 1. The summed E-state index contributed by atoms with van der Waals surface area (Å²) in [4.78, 5) is 33.3. The summed E-state index contributed by atoms with van der Waals surface area (Å²) in [5.74, 6) is -0.373. The van der Waals surface area contributed by atoms with E-state index in [1.165, 1.54) is 33.1 Å². The van der Waals surface area contributed by atoms with Crippen LogP contribution in [-0.2, 0) is 18.4 Å². The highest BCUT2D eigenvalue weighted by atomic mass is 35.5. The molecule has 1 aromatic carbocycles. The predicted octanol–water partition coefficient (Wildman–Crippen LogP) is 2.55. The van der Waals surface area contributed by atoms with Gasteiger partial charge in [-0.25, -0.2) is 9.97 Å². The van der Waals surface area contributed by atoms with Crippen LogP contribution in [0.3, 0.4) is 0 Å². The van der Waals surface area contributed by atoms with E-state index in [4.69, 9.17) is 11.6 Å².